The Labute approximate surface area is 136 Å². The minimum atomic E-state index is -0.141. The van der Waals surface area contributed by atoms with Gasteiger partial charge in [0.15, 0.2) is 0 Å². The lowest BCUT2D eigenvalue weighted by molar-refractivity contribution is -0.122. The van der Waals surface area contributed by atoms with Gasteiger partial charge in [0.2, 0.25) is 5.91 Å². The molecule has 2 unspecified atom stereocenters. The van der Waals surface area contributed by atoms with Gasteiger partial charge in [-0.3, -0.25) is 4.79 Å². The third kappa shape index (κ3) is 3.59. The molecule has 0 bridgehead atoms. The summed E-state index contributed by atoms with van der Waals surface area (Å²) in [6.45, 7) is 4.02. The molecule has 4 nitrogen and oxygen atoms in total. The van der Waals surface area contributed by atoms with Gasteiger partial charge in [-0.25, -0.2) is 4.98 Å². The molecule has 118 valence electrons. The highest BCUT2D eigenvalue weighted by atomic mass is 16.1. The number of hydrogen-bond acceptors (Lipinski definition) is 2. The number of carbonyl (C=O) groups is 1. The highest BCUT2D eigenvalue weighted by Gasteiger charge is 2.16. The minimum absolute atomic E-state index is 0.0364. The van der Waals surface area contributed by atoms with Crippen molar-refractivity contribution < 1.29 is 4.79 Å². The Morgan fingerprint density at radius 2 is 1.78 bits per heavy atom. The average molecular weight is 307 g/mol. The van der Waals surface area contributed by atoms with Gasteiger partial charge < -0.3 is 10.3 Å². The van der Waals surface area contributed by atoms with E-state index in [-0.39, 0.29) is 17.9 Å². The van der Waals surface area contributed by atoms with Crippen molar-refractivity contribution in [3.8, 4) is 0 Å². The van der Waals surface area contributed by atoms with E-state index >= 15 is 0 Å². The normalized spacial score (nSPS) is 13.7. The van der Waals surface area contributed by atoms with Crippen molar-refractivity contribution >= 4 is 16.9 Å². The van der Waals surface area contributed by atoms with Gasteiger partial charge in [-0.05, 0) is 30.5 Å². The average Bonchev–Trinajstić information content (AvgIpc) is 2.99. The fraction of sp³-hybridized carbons (Fsp3) is 0.263. The fourth-order valence-corrected chi connectivity index (χ4v) is 2.72. The topological polar surface area (TPSA) is 57.8 Å². The van der Waals surface area contributed by atoms with Crippen molar-refractivity contribution in [1.82, 2.24) is 15.3 Å². The molecular formula is C19H21N3O. The third-order valence-electron chi connectivity index (χ3n) is 4.06. The van der Waals surface area contributed by atoms with Gasteiger partial charge in [-0.15, -0.1) is 0 Å². The molecule has 1 heterocycles. The van der Waals surface area contributed by atoms with Crippen LogP contribution in [-0.2, 0) is 4.79 Å². The number of amides is 1. The molecule has 0 aliphatic carbocycles. The molecule has 3 aromatic rings. The van der Waals surface area contributed by atoms with Crippen LogP contribution in [0.2, 0.25) is 0 Å². The predicted molar refractivity (Wildman–Crippen MR) is 92.1 cm³/mol. The van der Waals surface area contributed by atoms with Gasteiger partial charge in [-0.1, -0.05) is 49.4 Å². The van der Waals surface area contributed by atoms with Gasteiger partial charge in [0.25, 0.3) is 0 Å². The predicted octanol–water partition coefficient (Wildman–Crippen LogP) is 3.93. The van der Waals surface area contributed by atoms with E-state index in [9.17, 15) is 4.79 Å². The van der Waals surface area contributed by atoms with Crippen molar-refractivity contribution in [2.45, 2.75) is 32.2 Å². The molecule has 0 spiro atoms. The molecule has 1 aromatic heterocycles. The number of nitrogens with one attached hydrogen (secondary N) is 2. The first-order valence-corrected chi connectivity index (χ1v) is 7.92. The van der Waals surface area contributed by atoms with Crippen LogP contribution in [0, 0.1) is 0 Å². The van der Waals surface area contributed by atoms with Crippen molar-refractivity contribution in [1.29, 1.82) is 0 Å². The smallest absolute Gasteiger partial charge is 0.221 e. The van der Waals surface area contributed by atoms with Gasteiger partial charge >= 0.3 is 0 Å². The first-order valence-electron chi connectivity index (χ1n) is 7.92. The van der Waals surface area contributed by atoms with E-state index < -0.39 is 0 Å². The third-order valence-corrected chi connectivity index (χ3v) is 4.06. The highest BCUT2D eigenvalue weighted by molar-refractivity contribution is 5.78. The van der Waals surface area contributed by atoms with E-state index in [1.165, 1.54) is 5.56 Å². The Morgan fingerprint density at radius 1 is 1.09 bits per heavy atom. The van der Waals surface area contributed by atoms with E-state index in [1.54, 1.807) is 0 Å². The maximum atomic E-state index is 12.3. The zero-order valence-electron chi connectivity index (χ0n) is 13.4. The molecule has 0 fully saturated rings. The monoisotopic (exact) mass is 307 g/mol. The van der Waals surface area contributed by atoms with Crippen molar-refractivity contribution in [2.24, 2.45) is 0 Å². The standard InChI is InChI=1S/C19H21N3O/c1-13(15-8-4-3-5-9-15)12-18(23)20-14(2)19-21-16-10-6-7-11-17(16)22-19/h3-11,13-14H,12H2,1-2H3,(H,20,23)(H,21,22). The Kier molecular flexibility index (Phi) is 4.42. The summed E-state index contributed by atoms with van der Waals surface area (Å²) in [5.41, 5.74) is 3.08. The Bertz CT molecular complexity index is 761. The molecule has 0 radical (unpaired) electrons. The Morgan fingerprint density at radius 3 is 2.52 bits per heavy atom. The second-order valence-electron chi connectivity index (χ2n) is 5.94. The van der Waals surface area contributed by atoms with Gasteiger partial charge in [0, 0.05) is 6.42 Å². The van der Waals surface area contributed by atoms with Crippen molar-refractivity contribution in [3.05, 3.63) is 66.0 Å². The molecule has 1 amide bonds. The largest absolute Gasteiger partial charge is 0.346 e. The van der Waals surface area contributed by atoms with Crippen LogP contribution >= 0.6 is 0 Å². The van der Waals surface area contributed by atoms with Gasteiger partial charge in [0.1, 0.15) is 5.82 Å². The van der Waals surface area contributed by atoms with E-state index in [1.807, 2.05) is 49.4 Å². The molecule has 0 saturated heterocycles. The Hall–Kier alpha value is -2.62. The van der Waals surface area contributed by atoms with Crippen LogP contribution < -0.4 is 5.32 Å². The lowest BCUT2D eigenvalue weighted by atomic mass is 9.97. The number of aromatic amines is 1. The molecule has 2 atom stereocenters. The summed E-state index contributed by atoms with van der Waals surface area (Å²) in [6.07, 6.45) is 0.467. The fourth-order valence-electron chi connectivity index (χ4n) is 2.72. The second-order valence-corrected chi connectivity index (χ2v) is 5.94. The van der Waals surface area contributed by atoms with Crippen LogP contribution in [0.15, 0.2) is 54.6 Å². The SMILES string of the molecule is CC(CC(=O)NC(C)c1nc2ccccc2[nH]1)c1ccccc1. The molecule has 2 aromatic carbocycles. The number of benzene rings is 2. The number of para-hydroxylation sites is 2. The summed E-state index contributed by atoms with van der Waals surface area (Å²) >= 11 is 0. The van der Waals surface area contributed by atoms with Crippen LogP contribution in [0.25, 0.3) is 11.0 Å². The number of carbonyl (C=O) groups excluding carboxylic acids is 1. The summed E-state index contributed by atoms with van der Waals surface area (Å²) in [7, 11) is 0. The number of imidazole rings is 1. The molecule has 2 N–H and O–H groups in total. The van der Waals surface area contributed by atoms with E-state index in [4.69, 9.17) is 0 Å². The quantitative estimate of drug-likeness (QED) is 0.750. The molecule has 4 heteroatoms. The maximum Gasteiger partial charge on any atom is 0.221 e. The number of fused-ring (bicyclic) bond motifs is 1. The molecule has 23 heavy (non-hydrogen) atoms. The number of rotatable bonds is 5. The van der Waals surface area contributed by atoms with E-state index in [0.717, 1.165) is 16.9 Å². The molecule has 3 rings (SSSR count). The van der Waals surface area contributed by atoms with Crippen LogP contribution in [-0.4, -0.2) is 15.9 Å². The summed E-state index contributed by atoms with van der Waals surface area (Å²) in [5, 5.41) is 3.03. The summed E-state index contributed by atoms with van der Waals surface area (Å²) in [4.78, 5) is 20.1. The lowest BCUT2D eigenvalue weighted by Gasteiger charge is -2.15. The highest BCUT2D eigenvalue weighted by Crippen LogP contribution is 2.20. The number of aromatic nitrogens is 2. The Balaban J connectivity index is 1.63. The molecular weight excluding hydrogens is 286 g/mol. The van der Waals surface area contributed by atoms with E-state index in [2.05, 4.69) is 34.3 Å². The van der Waals surface area contributed by atoms with E-state index in [0.29, 0.717) is 6.42 Å². The summed E-state index contributed by atoms with van der Waals surface area (Å²) in [5.74, 6) is 1.01. The van der Waals surface area contributed by atoms with Crippen LogP contribution in [0.1, 0.15) is 43.6 Å². The van der Waals surface area contributed by atoms with Crippen molar-refractivity contribution in [3.63, 3.8) is 0 Å². The van der Waals surface area contributed by atoms with Crippen molar-refractivity contribution in [2.75, 3.05) is 0 Å². The second kappa shape index (κ2) is 6.65. The van der Waals surface area contributed by atoms with Crippen LogP contribution in [0.3, 0.4) is 0 Å². The summed E-state index contributed by atoms with van der Waals surface area (Å²) in [6, 6.07) is 17.8. The lowest BCUT2D eigenvalue weighted by Crippen LogP contribution is -2.28. The maximum absolute atomic E-state index is 12.3. The van der Waals surface area contributed by atoms with Crippen LogP contribution in [0.4, 0.5) is 0 Å². The molecule has 0 aliphatic heterocycles. The first-order chi connectivity index (χ1) is 11.1. The molecule has 0 aliphatic rings. The number of nitrogens with zero attached hydrogens (tertiary/aromatic N) is 1. The summed E-state index contributed by atoms with van der Waals surface area (Å²) < 4.78 is 0. The zero-order valence-corrected chi connectivity index (χ0v) is 13.4. The minimum Gasteiger partial charge on any atom is -0.346 e. The molecule has 0 saturated carbocycles. The van der Waals surface area contributed by atoms with Gasteiger partial charge in [0.05, 0.1) is 17.1 Å². The number of H-pyrrole nitrogens is 1. The van der Waals surface area contributed by atoms with Crippen LogP contribution in [0.5, 0.6) is 0 Å². The zero-order chi connectivity index (χ0) is 16.2. The van der Waals surface area contributed by atoms with Gasteiger partial charge in [-0.2, -0.15) is 0 Å². The number of hydrogen-bond donors (Lipinski definition) is 2. The first kappa shape index (κ1) is 15.3.